The number of hydrogen-bond acceptors (Lipinski definition) is 4. The lowest BCUT2D eigenvalue weighted by Gasteiger charge is -2.31. The van der Waals surface area contributed by atoms with E-state index in [1.165, 1.54) is 6.42 Å². The Kier molecular flexibility index (Phi) is 3.51. The van der Waals surface area contributed by atoms with Gasteiger partial charge in [0.05, 0.1) is 5.56 Å². The third-order valence-corrected chi connectivity index (χ3v) is 2.96. The first-order valence-corrected chi connectivity index (χ1v) is 5.64. The number of carbonyl (C=O) groups excluding carboxylic acids is 1. The first-order chi connectivity index (χ1) is 7.79. The third kappa shape index (κ3) is 2.58. The van der Waals surface area contributed by atoms with Crippen LogP contribution in [-0.4, -0.2) is 42.3 Å². The molecule has 0 bridgehead atoms. The number of aromatic nitrogens is 1. The molecule has 4 heteroatoms. The molecule has 1 aliphatic heterocycles. The van der Waals surface area contributed by atoms with E-state index in [0.29, 0.717) is 11.6 Å². The average Bonchev–Trinajstić information content (AvgIpc) is 2.30. The van der Waals surface area contributed by atoms with Crippen LogP contribution in [0.1, 0.15) is 23.2 Å². The minimum Gasteiger partial charge on any atom is -0.380 e. The predicted octanol–water partition coefficient (Wildman–Crippen LogP) is 1.40. The first kappa shape index (κ1) is 11.1. The monoisotopic (exact) mass is 219 g/mol. The van der Waals surface area contributed by atoms with Gasteiger partial charge in [0.2, 0.25) is 0 Å². The summed E-state index contributed by atoms with van der Waals surface area (Å²) in [4.78, 5) is 17.1. The van der Waals surface area contributed by atoms with E-state index in [1.54, 1.807) is 12.4 Å². The maximum Gasteiger partial charge on any atom is 0.153 e. The number of likely N-dealkylation sites (tertiary alicyclic amines) is 1. The van der Waals surface area contributed by atoms with E-state index in [0.717, 1.165) is 31.5 Å². The fourth-order valence-corrected chi connectivity index (χ4v) is 2.14. The Morgan fingerprint density at radius 1 is 1.62 bits per heavy atom. The van der Waals surface area contributed by atoms with Gasteiger partial charge in [-0.15, -0.1) is 0 Å². The molecule has 2 rings (SSSR count). The van der Waals surface area contributed by atoms with Gasteiger partial charge in [-0.1, -0.05) is 0 Å². The number of nitrogens with zero attached hydrogens (tertiary/aromatic N) is 2. The van der Waals surface area contributed by atoms with E-state index < -0.39 is 0 Å². The molecule has 0 amide bonds. The lowest BCUT2D eigenvalue weighted by Crippen LogP contribution is -2.39. The summed E-state index contributed by atoms with van der Waals surface area (Å²) in [5, 5.41) is 3.42. The number of aldehydes is 1. The number of likely N-dealkylation sites (N-methyl/N-ethyl adjacent to an activating group) is 1. The highest BCUT2D eigenvalue weighted by Crippen LogP contribution is 2.17. The van der Waals surface area contributed by atoms with Crippen LogP contribution < -0.4 is 5.32 Å². The van der Waals surface area contributed by atoms with E-state index in [2.05, 4.69) is 22.2 Å². The summed E-state index contributed by atoms with van der Waals surface area (Å²) >= 11 is 0. The van der Waals surface area contributed by atoms with Gasteiger partial charge in [0.1, 0.15) is 0 Å². The van der Waals surface area contributed by atoms with Gasteiger partial charge in [0.25, 0.3) is 0 Å². The number of nitrogens with one attached hydrogen (secondary N) is 1. The van der Waals surface area contributed by atoms with Crippen LogP contribution in [0.3, 0.4) is 0 Å². The molecule has 1 aliphatic rings. The SMILES string of the molecule is CN1CCCC(Nc2ccncc2C=O)C1. The molecule has 1 fully saturated rings. The normalized spacial score (nSPS) is 21.7. The third-order valence-electron chi connectivity index (χ3n) is 2.96. The summed E-state index contributed by atoms with van der Waals surface area (Å²) in [5.74, 6) is 0. The van der Waals surface area contributed by atoms with Crippen LogP contribution in [0.4, 0.5) is 5.69 Å². The Morgan fingerprint density at radius 3 is 3.25 bits per heavy atom. The maximum absolute atomic E-state index is 10.8. The molecule has 1 N–H and O–H groups in total. The van der Waals surface area contributed by atoms with Gasteiger partial charge in [-0.3, -0.25) is 9.78 Å². The van der Waals surface area contributed by atoms with Gasteiger partial charge >= 0.3 is 0 Å². The van der Waals surface area contributed by atoms with Crippen LogP contribution >= 0.6 is 0 Å². The standard InChI is InChI=1S/C12H17N3O/c1-15-6-2-3-11(8-15)14-12-4-5-13-7-10(12)9-16/h4-5,7,9,11H,2-3,6,8H2,1H3,(H,13,14). The molecule has 1 saturated heterocycles. The molecule has 4 nitrogen and oxygen atoms in total. The van der Waals surface area contributed by atoms with Crippen molar-refractivity contribution in [1.82, 2.24) is 9.88 Å². The van der Waals surface area contributed by atoms with Crippen molar-refractivity contribution < 1.29 is 4.79 Å². The van der Waals surface area contributed by atoms with Crippen LogP contribution in [0.25, 0.3) is 0 Å². The molecule has 1 atom stereocenters. The molecule has 0 aliphatic carbocycles. The summed E-state index contributed by atoms with van der Waals surface area (Å²) in [5.41, 5.74) is 1.53. The number of anilines is 1. The molecular weight excluding hydrogens is 202 g/mol. The average molecular weight is 219 g/mol. The van der Waals surface area contributed by atoms with E-state index in [-0.39, 0.29) is 0 Å². The van der Waals surface area contributed by atoms with Gasteiger partial charge in [-0.2, -0.15) is 0 Å². The van der Waals surface area contributed by atoms with Crippen LogP contribution in [-0.2, 0) is 0 Å². The number of carbonyl (C=O) groups is 1. The molecule has 0 radical (unpaired) electrons. The van der Waals surface area contributed by atoms with E-state index in [9.17, 15) is 4.79 Å². The van der Waals surface area contributed by atoms with Crippen LogP contribution in [0, 0.1) is 0 Å². The van der Waals surface area contributed by atoms with Gasteiger partial charge in [-0.05, 0) is 32.5 Å². The largest absolute Gasteiger partial charge is 0.380 e. The topological polar surface area (TPSA) is 45.2 Å². The quantitative estimate of drug-likeness (QED) is 0.780. The van der Waals surface area contributed by atoms with Crippen LogP contribution in [0.5, 0.6) is 0 Å². The Bertz CT molecular complexity index is 367. The van der Waals surface area contributed by atoms with Gasteiger partial charge in [0.15, 0.2) is 6.29 Å². The minimum absolute atomic E-state index is 0.430. The fourth-order valence-electron chi connectivity index (χ4n) is 2.14. The van der Waals surface area contributed by atoms with Crippen molar-refractivity contribution in [2.24, 2.45) is 0 Å². The van der Waals surface area contributed by atoms with Gasteiger partial charge in [0, 0.05) is 30.7 Å². The Labute approximate surface area is 95.7 Å². The lowest BCUT2D eigenvalue weighted by molar-refractivity contribution is 0.112. The fraction of sp³-hybridized carbons (Fsp3) is 0.500. The summed E-state index contributed by atoms with van der Waals surface area (Å²) in [6, 6.07) is 2.29. The molecule has 1 aromatic rings. The molecule has 1 aromatic heterocycles. The zero-order chi connectivity index (χ0) is 11.4. The molecule has 86 valence electrons. The van der Waals surface area contributed by atoms with Crippen molar-refractivity contribution in [1.29, 1.82) is 0 Å². The number of hydrogen-bond donors (Lipinski definition) is 1. The van der Waals surface area contributed by atoms with E-state index in [1.807, 2.05) is 6.07 Å². The van der Waals surface area contributed by atoms with Crippen molar-refractivity contribution in [2.45, 2.75) is 18.9 Å². The van der Waals surface area contributed by atoms with Crippen molar-refractivity contribution in [3.63, 3.8) is 0 Å². The first-order valence-electron chi connectivity index (χ1n) is 5.64. The number of rotatable bonds is 3. The molecule has 1 unspecified atom stereocenters. The highest BCUT2D eigenvalue weighted by Gasteiger charge is 2.17. The second kappa shape index (κ2) is 5.07. The molecule has 0 aromatic carbocycles. The second-order valence-corrected chi connectivity index (χ2v) is 4.33. The Morgan fingerprint density at radius 2 is 2.50 bits per heavy atom. The highest BCUT2D eigenvalue weighted by molar-refractivity contribution is 5.83. The second-order valence-electron chi connectivity index (χ2n) is 4.33. The number of pyridine rings is 1. The molecular formula is C12H17N3O. The Hall–Kier alpha value is -1.42. The summed E-state index contributed by atoms with van der Waals surface area (Å²) in [6.45, 7) is 2.19. The minimum atomic E-state index is 0.430. The van der Waals surface area contributed by atoms with E-state index in [4.69, 9.17) is 0 Å². The molecule has 16 heavy (non-hydrogen) atoms. The highest BCUT2D eigenvalue weighted by atomic mass is 16.1. The smallest absolute Gasteiger partial charge is 0.153 e. The van der Waals surface area contributed by atoms with Crippen molar-refractivity contribution in [3.8, 4) is 0 Å². The predicted molar refractivity (Wildman–Crippen MR) is 63.8 cm³/mol. The van der Waals surface area contributed by atoms with Gasteiger partial charge < -0.3 is 10.2 Å². The summed E-state index contributed by atoms with van der Waals surface area (Å²) in [6.07, 6.45) is 6.52. The van der Waals surface area contributed by atoms with Gasteiger partial charge in [-0.25, -0.2) is 0 Å². The van der Waals surface area contributed by atoms with E-state index >= 15 is 0 Å². The zero-order valence-corrected chi connectivity index (χ0v) is 9.52. The summed E-state index contributed by atoms with van der Waals surface area (Å²) < 4.78 is 0. The molecule has 0 saturated carbocycles. The summed E-state index contributed by atoms with van der Waals surface area (Å²) in [7, 11) is 2.13. The van der Waals surface area contributed by atoms with Crippen LogP contribution in [0.15, 0.2) is 18.5 Å². The zero-order valence-electron chi connectivity index (χ0n) is 9.52. The van der Waals surface area contributed by atoms with Crippen molar-refractivity contribution in [2.75, 3.05) is 25.5 Å². The lowest BCUT2D eigenvalue weighted by atomic mass is 10.1. The number of piperidine rings is 1. The molecule has 0 spiro atoms. The van der Waals surface area contributed by atoms with Crippen molar-refractivity contribution >= 4 is 12.0 Å². The Balaban J connectivity index is 2.05. The van der Waals surface area contributed by atoms with Crippen LogP contribution in [0.2, 0.25) is 0 Å². The maximum atomic E-state index is 10.8. The molecule has 2 heterocycles. The van der Waals surface area contributed by atoms with Crippen molar-refractivity contribution in [3.05, 3.63) is 24.0 Å².